The third kappa shape index (κ3) is 0.722. The lowest BCUT2D eigenvalue weighted by Gasteiger charge is -1.96. The van der Waals surface area contributed by atoms with Gasteiger partial charge in [0.05, 0.1) is 6.10 Å². The van der Waals surface area contributed by atoms with Gasteiger partial charge in [-0.3, -0.25) is 0 Å². The Kier molecular flexibility index (Phi) is 0.988. The fourth-order valence-corrected chi connectivity index (χ4v) is 0.605. The Labute approximate surface area is 43.0 Å². The molecule has 0 aromatic rings. The Morgan fingerprint density at radius 1 is 1.86 bits per heavy atom. The normalized spacial score (nSPS) is 29.3. The second-order valence-electron chi connectivity index (χ2n) is 1.74. The number of allylic oxidation sites excluding steroid dienone is 1. The molecule has 0 amide bonds. The molecule has 0 heterocycles. The first-order chi connectivity index (χ1) is 3.30. The van der Waals surface area contributed by atoms with Crippen molar-refractivity contribution in [2.24, 2.45) is 0 Å². The van der Waals surface area contributed by atoms with Crippen LogP contribution in [0.2, 0.25) is 0 Å². The third-order valence-corrected chi connectivity index (χ3v) is 1.12. The average Bonchev–Trinajstić information content (AvgIpc) is 1.91. The van der Waals surface area contributed by atoms with E-state index in [-0.39, 0.29) is 6.10 Å². The van der Waals surface area contributed by atoms with Gasteiger partial charge in [0.2, 0.25) is 0 Å². The van der Waals surface area contributed by atoms with E-state index in [0.717, 1.165) is 12.0 Å². The van der Waals surface area contributed by atoms with Crippen LogP contribution in [0.4, 0.5) is 0 Å². The summed E-state index contributed by atoms with van der Waals surface area (Å²) in [4.78, 5) is 0. The van der Waals surface area contributed by atoms with Crippen LogP contribution in [0, 0.1) is 0 Å². The van der Waals surface area contributed by atoms with Crippen molar-refractivity contribution >= 4 is 0 Å². The van der Waals surface area contributed by atoms with Crippen LogP contribution in [0.1, 0.15) is 6.42 Å². The molecule has 0 bridgehead atoms. The first-order valence-corrected chi connectivity index (χ1v) is 2.33. The quantitative estimate of drug-likeness (QED) is 0.443. The number of rotatable bonds is 0. The highest BCUT2D eigenvalue weighted by atomic mass is 16.3. The zero-order valence-electron chi connectivity index (χ0n) is 4.09. The van der Waals surface area contributed by atoms with Gasteiger partial charge in [-0.25, -0.2) is 0 Å². The van der Waals surface area contributed by atoms with Gasteiger partial charge < -0.3 is 5.11 Å². The maximum absolute atomic E-state index is 8.81. The molecule has 1 aliphatic carbocycles. The summed E-state index contributed by atoms with van der Waals surface area (Å²) in [5.41, 5.74) is 0.903. The summed E-state index contributed by atoms with van der Waals surface area (Å²) in [6.07, 6.45) is 4.16. The predicted molar refractivity (Wildman–Crippen MR) is 28.9 cm³/mol. The highest BCUT2D eigenvalue weighted by Crippen LogP contribution is 2.13. The monoisotopic (exact) mass is 96.1 g/mol. The number of hydrogen-bond acceptors (Lipinski definition) is 1. The van der Waals surface area contributed by atoms with E-state index >= 15 is 0 Å². The summed E-state index contributed by atoms with van der Waals surface area (Å²) in [7, 11) is 0. The predicted octanol–water partition coefficient (Wildman–Crippen LogP) is 0.863. The molecule has 0 aromatic carbocycles. The Morgan fingerprint density at radius 2 is 2.57 bits per heavy atom. The van der Waals surface area contributed by atoms with E-state index in [2.05, 4.69) is 6.58 Å². The van der Waals surface area contributed by atoms with Gasteiger partial charge in [-0.05, 0) is 12.0 Å². The summed E-state index contributed by atoms with van der Waals surface area (Å²) in [6, 6.07) is 0. The van der Waals surface area contributed by atoms with Crippen LogP contribution in [-0.4, -0.2) is 11.2 Å². The Morgan fingerprint density at radius 3 is 2.71 bits per heavy atom. The molecule has 1 atom stereocenters. The van der Waals surface area contributed by atoms with E-state index in [1.54, 1.807) is 6.08 Å². The second kappa shape index (κ2) is 1.51. The molecule has 1 aliphatic rings. The smallest absolute Gasteiger partial charge is 0.0932 e. The molecule has 0 saturated heterocycles. The van der Waals surface area contributed by atoms with E-state index in [1.165, 1.54) is 0 Å². The largest absolute Gasteiger partial charge is 0.385 e. The minimum atomic E-state index is -0.361. The van der Waals surface area contributed by atoms with Crippen molar-refractivity contribution in [3.05, 3.63) is 24.3 Å². The third-order valence-electron chi connectivity index (χ3n) is 1.12. The first kappa shape index (κ1) is 4.60. The Balaban J connectivity index is 2.62. The molecule has 7 heavy (non-hydrogen) atoms. The second-order valence-corrected chi connectivity index (χ2v) is 1.74. The van der Waals surface area contributed by atoms with E-state index in [0.29, 0.717) is 0 Å². The molecule has 0 fully saturated rings. The Bertz CT molecular complexity index is 113. The van der Waals surface area contributed by atoms with Crippen LogP contribution in [0.25, 0.3) is 0 Å². The summed E-state index contributed by atoms with van der Waals surface area (Å²) in [5, 5.41) is 8.81. The lowest BCUT2D eigenvalue weighted by Crippen LogP contribution is -1.97. The minimum Gasteiger partial charge on any atom is -0.385 e. The number of hydrogen-bond donors (Lipinski definition) is 1. The van der Waals surface area contributed by atoms with Crippen molar-refractivity contribution in [3.63, 3.8) is 0 Å². The van der Waals surface area contributed by atoms with E-state index < -0.39 is 0 Å². The zero-order valence-corrected chi connectivity index (χ0v) is 4.09. The van der Waals surface area contributed by atoms with Crippen molar-refractivity contribution in [3.8, 4) is 0 Å². The van der Waals surface area contributed by atoms with Crippen molar-refractivity contribution in [1.29, 1.82) is 0 Å². The number of aliphatic hydroxyl groups excluding tert-OH is 1. The highest BCUT2D eigenvalue weighted by Gasteiger charge is 2.07. The number of aliphatic hydroxyl groups is 1. The summed E-state index contributed by atoms with van der Waals surface area (Å²) >= 11 is 0. The Hall–Kier alpha value is -0.560. The maximum atomic E-state index is 8.81. The topological polar surface area (TPSA) is 20.2 Å². The molecular weight excluding hydrogens is 88.1 g/mol. The van der Waals surface area contributed by atoms with Crippen LogP contribution in [0.15, 0.2) is 24.3 Å². The molecule has 0 aromatic heterocycles. The van der Waals surface area contributed by atoms with Gasteiger partial charge >= 0.3 is 0 Å². The summed E-state index contributed by atoms with van der Waals surface area (Å²) in [6.45, 7) is 3.62. The van der Waals surface area contributed by atoms with Crippen LogP contribution in [0.5, 0.6) is 0 Å². The highest BCUT2D eigenvalue weighted by molar-refractivity contribution is 5.21. The molecule has 38 valence electrons. The minimum absolute atomic E-state index is 0.361. The molecule has 1 nitrogen and oxygen atoms in total. The zero-order chi connectivity index (χ0) is 5.28. The van der Waals surface area contributed by atoms with Gasteiger partial charge in [0.25, 0.3) is 0 Å². The molecule has 1 N–H and O–H groups in total. The van der Waals surface area contributed by atoms with Crippen LogP contribution >= 0.6 is 0 Å². The van der Waals surface area contributed by atoms with Crippen LogP contribution < -0.4 is 0 Å². The molecular formula is C6H8O. The molecule has 1 heteroatoms. The molecule has 1 unspecified atom stereocenters. The molecule has 1 rings (SSSR count). The van der Waals surface area contributed by atoms with Gasteiger partial charge in [0, 0.05) is 0 Å². The van der Waals surface area contributed by atoms with Gasteiger partial charge in [0.15, 0.2) is 0 Å². The lowest BCUT2D eigenvalue weighted by molar-refractivity contribution is 0.263. The van der Waals surface area contributed by atoms with E-state index in [1.807, 2.05) is 6.08 Å². The van der Waals surface area contributed by atoms with Crippen molar-refractivity contribution < 1.29 is 5.11 Å². The molecule has 0 saturated carbocycles. The lowest BCUT2D eigenvalue weighted by atomic mass is 10.2. The van der Waals surface area contributed by atoms with Gasteiger partial charge in [0.1, 0.15) is 0 Å². The van der Waals surface area contributed by atoms with Crippen LogP contribution in [-0.2, 0) is 0 Å². The van der Waals surface area contributed by atoms with E-state index in [9.17, 15) is 0 Å². The van der Waals surface area contributed by atoms with E-state index in [4.69, 9.17) is 5.11 Å². The molecule has 0 radical (unpaired) electrons. The summed E-state index contributed by atoms with van der Waals surface area (Å²) < 4.78 is 0. The van der Waals surface area contributed by atoms with Crippen molar-refractivity contribution in [2.45, 2.75) is 12.5 Å². The fourth-order valence-electron chi connectivity index (χ4n) is 0.605. The standard InChI is InChI=1S/C6H8O/c1-5-3-2-4-6(5)7/h2,4,6-7H,1,3H2. The fraction of sp³-hybridized carbons (Fsp3) is 0.333. The van der Waals surface area contributed by atoms with Gasteiger partial charge in [-0.2, -0.15) is 0 Å². The molecule has 0 spiro atoms. The summed E-state index contributed by atoms with van der Waals surface area (Å²) in [5.74, 6) is 0. The SMILES string of the molecule is C=C1CC=CC1O. The molecule has 0 aliphatic heterocycles. The van der Waals surface area contributed by atoms with Gasteiger partial charge in [-0.15, -0.1) is 0 Å². The maximum Gasteiger partial charge on any atom is 0.0932 e. The first-order valence-electron chi connectivity index (χ1n) is 2.33. The average molecular weight is 96.1 g/mol. The van der Waals surface area contributed by atoms with Gasteiger partial charge in [-0.1, -0.05) is 18.7 Å². The van der Waals surface area contributed by atoms with Crippen molar-refractivity contribution in [2.75, 3.05) is 0 Å². The van der Waals surface area contributed by atoms with Crippen LogP contribution in [0.3, 0.4) is 0 Å². The van der Waals surface area contributed by atoms with Crippen molar-refractivity contribution in [1.82, 2.24) is 0 Å².